The van der Waals surface area contributed by atoms with Crippen LogP contribution in [0.25, 0.3) is 0 Å². The van der Waals surface area contributed by atoms with Gasteiger partial charge in [-0.2, -0.15) is 0 Å². The van der Waals surface area contributed by atoms with Crippen LogP contribution in [0.15, 0.2) is 41.5 Å². The van der Waals surface area contributed by atoms with E-state index in [1.165, 1.54) is 5.57 Å². The van der Waals surface area contributed by atoms with Crippen LogP contribution in [0.4, 0.5) is 0 Å². The molecule has 5 aliphatic carbocycles. The Morgan fingerprint density at radius 1 is 0.893 bits per heavy atom. The van der Waals surface area contributed by atoms with E-state index < -0.39 is 17.4 Å². The highest BCUT2D eigenvalue weighted by Crippen LogP contribution is 2.75. The molecule has 1 aromatic carbocycles. The molecule has 5 aliphatic rings. The number of rotatable bonds is 12. The molecule has 0 heterocycles. The summed E-state index contributed by atoms with van der Waals surface area (Å²) >= 11 is 0. The van der Waals surface area contributed by atoms with Crippen molar-refractivity contribution in [1.82, 2.24) is 9.80 Å². The smallest absolute Gasteiger partial charge is 0.309 e. The van der Waals surface area contributed by atoms with Crippen molar-refractivity contribution in [2.24, 2.45) is 62.6 Å². The predicted molar refractivity (Wildman–Crippen MR) is 220 cm³/mol. The number of benzene rings is 1. The van der Waals surface area contributed by atoms with Crippen molar-refractivity contribution in [3.63, 3.8) is 0 Å². The second-order valence-corrected chi connectivity index (χ2v) is 21.3. The van der Waals surface area contributed by atoms with E-state index in [-0.39, 0.29) is 57.8 Å². The van der Waals surface area contributed by atoms with Crippen LogP contribution in [0.1, 0.15) is 132 Å². The Bertz CT molecular complexity index is 1710. The van der Waals surface area contributed by atoms with Crippen LogP contribution >= 0.6 is 0 Å². The molecule has 1 aromatic rings. The minimum absolute atomic E-state index is 0.0714. The Morgan fingerprint density at radius 2 is 1.55 bits per heavy atom. The molecule has 0 radical (unpaired) electrons. The minimum Gasteiger partial charge on any atom is -0.481 e. The Kier molecular flexibility index (Phi) is 11.6. The molecular formula is C48H72N2O6. The van der Waals surface area contributed by atoms with Crippen molar-refractivity contribution < 1.29 is 29.0 Å². The first kappa shape index (κ1) is 42.6. The monoisotopic (exact) mass is 773 g/mol. The molecule has 0 saturated heterocycles. The summed E-state index contributed by atoms with van der Waals surface area (Å²) in [5, 5.41) is 9.63. The number of allylic oxidation sites excluding steroid dienone is 2. The van der Waals surface area contributed by atoms with Crippen molar-refractivity contribution in [3.05, 3.63) is 47.0 Å². The van der Waals surface area contributed by atoms with Crippen molar-refractivity contribution in [3.8, 4) is 0 Å². The second-order valence-electron chi connectivity index (χ2n) is 21.3. The van der Waals surface area contributed by atoms with Gasteiger partial charge in [0, 0.05) is 24.4 Å². The number of hydrogen-bond acceptors (Lipinski definition) is 6. The molecular weight excluding hydrogens is 701 g/mol. The third kappa shape index (κ3) is 7.21. The van der Waals surface area contributed by atoms with Crippen LogP contribution in [-0.2, 0) is 30.5 Å². The number of ether oxygens (including phenoxy) is 1. The lowest BCUT2D eigenvalue weighted by Gasteiger charge is -2.71. The van der Waals surface area contributed by atoms with Gasteiger partial charge in [-0.15, -0.1) is 0 Å². The molecule has 6 rings (SSSR count). The van der Waals surface area contributed by atoms with Crippen LogP contribution < -0.4 is 0 Å². The number of likely N-dealkylation sites (N-methyl/N-ethyl adjacent to an activating group) is 1. The van der Waals surface area contributed by atoms with E-state index in [1.54, 1.807) is 13.8 Å². The van der Waals surface area contributed by atoms with E-state index in [1.807, 2.05) is 42.1 Å². The Morgan fingerprint density at radius 3 is 2.18 bits per heavy atom. The van der Waals surface area contributed by atoms with Gasteiger partial charge in [-0.25, -0.2) is 0 Å². The number of aliphatic carboxylic acids is 1. The SMILES string of the molecule is CC(C)C1=C2C(CC[C@]3(C)[C@@H]2CCC2[C@@]4(C)CC[C@H](OC(=O)CC(C)(C)C(=O)O)C(C)(C)C4CC[C@]23C)[C@H](CCN(Cc2ccccc2)C(=O)CN(C)C)C1=O. The van der Waals surface area contributed by atoms with Gasteiger partial charge in [-0.1, -0.05) is 84.4 Å². The first-order valence-corrected chi connectivity index (χ1v) is 21.8. The lowest BCUT2D eigenvalue weighted by atomic mass is 9.33. The van der Waals surface area contributed by atoms with Gasteiger partial charge in [0.05, 0.1) is 18.4 Å². The van der Waals surface area contributed by atoms with Crippen molar-refractivity contribution in [1.29, 1.82) is 0 Å². The Hall–Kier alpha value is -3.00. The van der Waals surface area contributed by atoms with E-state index in [2.05, 4.69) is 60.6 Å². The first-order valence-electron chi connectivity index (χ1n) is 21.8. The molecule has 4 fully saturated rings. The van der Waals surface area contributed by atoms with Crippen LogP contribution in [-0.4, -0.2) is 71.8 Å². The number of hydrogen-bond donors (Lipinski definition) is 1. The quantitative estimate of drug-likeness (QED) is 0.211. The number of carbonyl (C=O) groups excluding carboxylic acids is 3. The average Bonchev–Trinajstić information content (AvgIpc) is 3.38. The van der Waals surface area contributed by atoms with Gasteiger partial charge >= 0.3 is 11.9 Å². The number of carboxylic acid groups (broad SMARTS) is 1. The zero-order chi connectivity index (χ0) is 41.2. The molecule has 0 bridgehead atoms. The highest BCUT2D eigenvalue weighted by molar-refractivity contribution is 6.01. The van der Waals surface area contributed by atoms with Gasteiger partial charge in [-0.3, -0.25) is 19.2 Å². The third-order valence-corrected chi connectivity index (χ3v) is 16.7. The van der Waals surface area contributed by atoms with Crippen LogP contribution in [0, 0.1) is 62.6 Å². The number of nitrogens with zero attached hydrogens (tertiary/aromatic N) is 2. The Balaban J connectivity index is 1.23. The maximum absolute atomic E-state index is 14.7. The fourth-order valence-corrected chi connectivity index (χ4v) is 13.6. The molecule has 310 valence electrons. The summed E-state index contributed by atoms with van der Waals surface area (Å²) in [5.74, 6) is 0.694. The fourth-order valence-electron chi connectivity index (χ4n) is 13.6. The molecule has 1 N–H and O–H groups in total. The molecule has 9 atom stereocenters. The highest BCUT2D eigenvalue weighted by atomic mass is 16.5. The summed E-state index contributed by atoms with van der Waals surface area (Å²) in [6.45, 7) is 21.4. The second kappa shape index (κ2) is 15.3. The highest BCUT2D eigenvalue weighted by Gasteiger charge is 2.69. The van der Waals surface area contributed by atoms with Gasteiger partial charge in [0.1, 0.15) is 6.10 Å². The van der Waals surface area contributed by atoms with E-state index in [0.717, 1.165) is 62.5 Å². The lowest BCUT2D eigenvalue weighted by Crippen LogP contribution is -2.65. The normalized spacial score (nSPS) is 35.1. The lowest BCUT2D eigenvalue weighted by molar-refractivity contribution is -0.232. The van der Waals surface area contributed by atoms with Crippen molar-refractivity contribution in [2.45, 2.75) is 139 Å². The van der Waals surface area contributed by atoms with Crippen molar-refractivity contribution >= 4 is 23.6 Å². The molecule has 3 unspecified atom stereocenters. The molecule has 0 aromatic heterocycles. The zero-order valence-corrected chi connectivity index (χ0v) is 36.5. The first-order chi connectivity index (χ1) is 26.1. The summed E-state index contributed by atoms with van der Waals surface area (Å²) in [5.41, 5.74) is 2.57. The number of esters is 1. The standard InChI is InChI=1S/C48H72N2O6/c1-30(2)40-41-32(33(42(40)53)22-26-50(38(51)29-49(10)11)28-31-15-13-12-14-16-31)19-24-47(8)34(41)17-18-36-46(7)23-21-37(56-39(52)27-44(3,4)43(54)55)45(5,6)35(46)20-25-48(36,47)9/h12-16,30,32-37H,17-29H2,1-11H3,(H,54,55)/t32?,33-,34+,35?,36?,37-,46-,47+,48+/m0/s1. The van der Waals surface area contributed by atoms with Gasteiger partial charge in [-0.05, 0) is 143 Å². The van der Waals surface area contributed by atoms with E-state index in [9.17, 15) is 24.3 Å². The minimum atomic E-state index is -1.16. The summed E-state index contributed by atoms with van der Waals surface area (Å²) in [6.07, 6.45) is 8.72. The predicted octanol–water partition coefficient (Wildman–Crippen LogP) is 9.22. The molecule has 4 saturated carbocycles. The van der Waals surface area contributed by atoms with Gasteiger partial charge in [0.25, 0.3) is 0 Å². The van der Waals surface area contributed by atoms with E-state index in [0.29, 0.717) is 49.6 Å². The molecule has 8 nitrogen and oxygen atoms in total. The largest absolute Gasteiger partial charge is 0.481 e. The van der Waals surface area contributed by atoms with Crippen LogP contribution in [0.5, 0.6) is 0 Å². The Labute approximate surface area is 337 Å². The number of amides is 1. The summed E-state index contributed by atoms with van der Waals surface area (Å²) in [7, 11) is 3.86. The summed E-state index contributed by atoms with van der Waals surface area (Å²) < 4.78 is 6.19. The third-order valence-electron chi connectivity index (χ3n) is 16.7. The van der Waals surface area contributed by atoms with Crippen LogP contribution in [0.2, 0.25) is 0 Å². The topological polar surface area (TPSA) is 104 Å². The molecule has 1 amide bonds. The van der Waals surface area contributed by atoms with Gasteiger partial charge in [0.15, 0.2) is 5.78 Å². The average molecular weight is 773 g/mol. The summed E-state index contributed by atoms with van der Waals surface area (Å²) in [4.78, 5) is 57.0. The van der Waals surface area contributed by atoms with Crippen molar-refractivity contribution in [2.75, 3.05) is 27.2 Å². The number of ketones is 1. The maximum atomic E-state index is 14.7. The van der Waals surface area contributed by atoms with E-state index >= 15 is 0 Å². The van der Waals surface area contributed by atoms with Gasteiger partial charge in [0.2, 0.25) is 5.91 Å². The summed E-state index contributed by atoms with van der Waals surface area (Å²) in [6, 6.07) is 10.2. The van der Waals surface area contributed by atoms with Crippen LogP contribution in [0.3, 0.4) is 0 Å². The number of carboxylic acids is 1. The molecule has 8 heteroatoms. The fraction of sp³-hybridized carbons (Fsp3) is 0.750. The molecule has 56 heavy (non-hydrogen) atoms. The number of carbonyl (C=O) groups is 4. The number of Topliss-reactive ketones (excluding diaryl/α,β-unsaturated/α-hetero) is 1. The molecule has 0 aliphatic heterocycles. The van der Waals surface area contributed by atoms with Gasteiger partial charge < -0.3 is 19.6 Å². The molecule has 0 spiro atoms. The zero-order valence-electron chi connectivity index (χ0n) is 36.5. The van der Waals surface area contributed by atoms with E-state index in [4.69, 9.17) is 4.74 Å². The number of fused-ring (bicyclic) bond motifs is 7. The maximum Gasteiger partial charge on any atom is 0.309 e.